The van der Waals surface area contributed by atoms with Crippen molar-refractivity contribution in [2.75, 3.05) is 0 Å². The molecule has 1 N–H and O–H groups in total. The van der Waals surface area contributed by atoms with E-state index in [0.717, 1.165) is 18.4 Å². The average Bonchev–Trinajstić information content (AvgIpc) is 2.90. The molecule has 100 valence electrons. The maximum Gasteiger partial charge on any atom is 0.358 e. The molecule has 0 fully saturated rings. The lowest BCUT2D eigenvalue weighted by Gasteiger charge is -2.15. The highest BCUT2D eigenvalue weighted by Gasteiger charge is 2.17. The Hall–Kier alpha value is -2.10. The Morgan fingerprint density at radius 2 is 2.00 bits per heavy atom. The van der Waals surface area contributed by atoms with Crippen molar-refractivity contribution in [1.82, 2.24) is 5.16 Å². The van der Waals surface area contributed by atoms with Gasteiger partial charge in [0, 0.05) is 11.6 Å². The van der Waals surface area contributed by atoms with Gasteiger partial charge in [0.25, 0.3) is 0 Å². The number of aromatic carboxylic acids is 1. The zero-order chi connectivity index (χ0) is 13.8. The zero-order valence-electron chi connectivity index (χ0n) is 11.1. The molecule has 0 spiro atoms. The largest absolute Gasteiger partial charge is 0.476 e. The molecule has 1 aromatic carbocycles. The molecule has 0 amide bonds. The second kappa shape index (κ2) is 5.69. The van der Waals surface area contributed by atoms with E-state index >= 15 is 0 Å². The van der Waals surface area contributed by atoms with Crippen LogP contribution in [0.2, 0.25) is 0 Å². The highest BCUT2D eigenvalue weighted by molar-refractivity contribution is 5.86. The smallest absolute Gasteiger partial charge is 0.358 e. The normalized spacial score (nSPS) is 10.9. The molecule has 0 aliphatic heterocycles. The monoisotopic (exact) mass is 259 g/mol. The summed E-state index contributed by atoms with van der Waals surface area (Å²) in [4.78, 5) is 10.9. The van der Waals surface area contributed by atoms with Crippen LogP contribution < -0.4 is 0 Å². The Kier molecular flexibility index (Phi) is 4.00. The standard InChI is InChI=1S/C15H17NO3/c1-3-10(4-2)11-7-5-6-8-12(11)14-9-13(15(17)18)16-19-14/h5-10H,3-4H2,1-2H3,(H,17,18). The highest BCUT2D eigenvalue weighted by atomic mass is 16.5. The molecular weight excluding hydrogens is 242 g/mol. The molecule has 2 rings (SSSR count). The number of nitrogens with zero attached hydrogens (tertiary/aromatic N) is 1. The van der Waals surface area contributed by atoms with Gasteiger partial charge in [-0.1, -0.05) is 43.3 Å². The maximum absolute atomic E-state index is 10.9. The minimum atomic E-state index is -1.07. The highest BCUT2D eigenvalue weighted by Crippen LogP contribution is 2.33. The second-order valence-corrected chi connectivity index (χ2v) is 4.48. The fourth-order valence-corrected chi connectivity index (χ4v) is 2.31. The van der Waals surface area contributed by atoms with Crippen molar-refractivity contribution in [3.63, 3.8) is 0 Å². The molecule has 0 unspecified atom stereocenters. The molecule has 1 aromatic heterocycles. The Morgan fingerprint density at radius 3 is 2.58 bits per heavy atom. The number of hydrogen-bond acceptors (Lipinski definition) is 3. The molecule has 1 heterocycles. The minimum absolute atomic E-state index is 0.0608. The molecule has 0 radical (unpaired) electrons. The number of carboxylic acid groups (broad SMARTS) is 1. The van der Waals surface area contributed by atoms with E-state index in [1.807, 2.05) is 18.2 Å². The van der Waals surface area contributed by atoms with Gasteiger partial charge in [0.05, 0.1) is 0 Å². The Balaban J connectivity index is 2.46. The summed E-state index contributed by atoms with van der Waals surface area (Å²) in [6.45, 7) is 4.29. The third-order valence-corrected chi connectivity index (χ3v) is 3.38. The van der Waals surface area contributed by atoms with Crippen LogP contribution in [-0.2, 0) is 0 Å². The first kappa shape index (κ1) is 13.3. The van der Waals surface area contributed by atoms with Gasteiger partial charge in [0.15, 0.2) is 11.5 Å². The number of carbonyl (C=O) groups is 1. The van der Waals surface area contributed by atoms with E-state index in [2.05, 4.69) is 25.1 Å². The molecule has 4 nitrogen and oxygen atoms in total. The molecule has 0 saturated carbocycles. The number of aromatic nitrogens is 1. The summed E-state index contributed by atoms with van der Waals surface area (Å²) in [7, 11) is 0. The van der Waals surface area contributed by atoms with E-state index in [1.165, 1.54) is 11.6 Å². The predicted octanol–water partition coefficient (Wildman–Crippen LogP) is 3.94. The van der Waals surface area contributed by atoms with Crippen LogP contribution in [0.3, 0.4) is 0 Å². The number of hydrogen-bond donors (Lipinski definition) is 1. The Morgan fingerprint density at radius 1 is 1.32 bits per heavy atom. The van der Waals surface area contributed by atoms with Crippen LogP contribution >= 0.6 is 0 Å². The lowest BCUT2D eigenvalue weighted by Crippen LogP contribution is -1.98. The average molecular weight is 259 g/mol. The molecule has 4 heteroatoms. The molecule has 19 heavy (non-hydrogen) atoms. The zero-order valence-corrected chi connectivity index (χ0v) is 11.1. The maximum atomic E-state index is 10.9. The van der Waals surface area contributed by atoms with Gasteiger partial charge >= 0.3 is 5.97 Å². The summed E-state index contributed by atoms with van der Waals surface area (Å²) in [6, 6.07) is 9.40. The van der Waals surface area contributed by atoms with Gasteiger partial charge in [-0.3, -0.25) is 0 Å². The van der Waals surface area contributed by atoms with Crippen LogP contribution in [0.5, 0.6) is 0 Å². The predicted molar refractivity (Wildman–Crippen MR) is 72.2 cm³/mol. The molecule has 0 atom stereocenters. The summed E-state index contributed by atoms with van der Waals surface area (Å²) in [5, 5.41) is 12.5. The van der Waals surface area contributed by atoms with Crippen molar-refractivity contribution in [2.45, 2.75) is 32.6 Å². The van der Waals surface area contributed by atoms with Gasteiger partial charge in [0.1, 0.15) is 0 Å². The van der Waals surface area contributed by atoms with Gasteiger partial charge in [-0.25, -0.2) is 4.79 Å². The Bertz CT molecular complexity index is 570. The van der Waals surface area contributed by atoms with Crippen molar-refractivity contribution in [2.24, 2.45) is 0 Å². The molecule has 0 aliphatic rings. The first-order chi connectivity index (χ1) is 9.17. The van der Waals surface area contributed by atoms with Crippen LogP contribution in [0.15, 0.2) is 34.9 Å². The summed E-state index contributed by atoms with van der Waals surface area (Å²) in [5.41, 5.74) is 2.05. The second-order valence-electron chi connectivity index (χ2n) is 4.48. The first-order valence-electron chi connectivity index (χ1n) is 6.46. The van der Waals surface area contributed by atoms with Crippen LogP contribution in [0.4, 0.5) is 0 Å². The number of rotatable bonds is 5. The van der Waals surface area contributed by atoms with Crippen LogP contribution in [0, 0.1) is 0 Å². The van der Waals surface area contributed by atoms with E-state index in [4.69, 9.17) is 9.63 Å². The SMILES string of the molecule is CCC(CC)c1ccccc1-c1cc(C(=O)O)no1. The van der Waals surface area contributed by atoms with Gasteiger partial charge in [-0.2, -0.15) is 0 Å². The van der Waals surface area contributed by atoms with Crippen molar-refractivity contribution in [1.29, 1.82) is 0 Å². The van der Waals surface area contributed by atoms with E-state index in [9.17, 15) is 4.79 Å². The van der Waals surface area contributed by atoms with Crippen LogP contribution in [0.25, 0.3) is 11.3 Å². The summed E-state index contributed by atoms with van der Waals surface area (Å²) < 4.78 is 5.16. The third kappa shape index (κ3) is 2.67. The topological polar surface area (TPSA) is 63.3 Å². The lowest BCUT2D eigenvalue weighted by molar-refractivity contribution is 0.0686. The molecule has 2 aromatic rings. The molecule has 0 saturated heterocycles. The summed E-state index contributed by atoms with van der Waals surface area (Å²) in [5.74, 6) is -0.121. The first-order valence-corrected chi connectivity index (χ1v) is 6.46. The summed E-state index contributed by atoms with van der Waals surface area (Å²) >= 11 is 0. The van der Waals surface area contributed by atoms with Crippen molar-refractivity contribution >= 4 is 5.97 Å². The lowest BCUT2D eigenvalue weighted by atomic mass is 9.89. The van der Waals surface area contributed by atoms with Crippen molar-refractivity contribution in [3.05, 3.63) is 41.6 Å². The van der Waals surface area contributed by atoms with Crippen LogP contribution in [0.1, 0.15) is 48.7 Å². The van der Waals surface area contributed by atoms with Crippen LogP contribution in [-0.4, -0.2) is 16.2 Å². The van der Waals surface area contributed by atoms with Gasteiger partial charge in [-0.15, -0.1) is 0 Å². The Labute approximate surface area is 112 Å². The van der Waals surface area contributed by atoms with Crippen molar-refractivity contribution in [3.8, 4) is 11.3 Å². The fraction of sp³-hybridized carbons (Fsp3) is 0.333. The van der Waals surface area contributed by atoms with E-state index in [1.54, 1.807) is 0 Å². The van der Waals surface area contributed by atoms with Gasteiger partial charge in [0.2, 0.25) is 0 Å². The summed E-state index contributed by atoms with van der Waals surface area (Å²) in [6.07, 6.45) is 2.07. The molecule has 0 aliphatic carbocycles. The van der Waals surface area contributed by atoms with Crippen molar-refractivity contribution < 1.29 is 14.4 Å². The minimum Gasteiger partial charge on any atom is -0.476 e. The fourth-order valence-electron chi connectivity index (χ4n) is 2.31. The van der Waals surface area contributed by atoms with Gasteiger partial charge in [-0.05, 0) is 24.3 Å². The van der Waals surface area contributed by atoms with E-state index in [0.29, 0.717) is 11.7 Å². The van der Waals surface area contributed by atoms with Gasteiger partial charge < -0.3 is 9.63 Å². The van der Waals surface area contributed by atoms with E-state index < -0.39 is 5.97 Å². The number of carboxylic acids is 1. The number of benzene rings is 1. The third-order valence-electron chi connectivity index (χ3n) is 3.38. The molecule has 0 bridgehead atoms. The quantitative estimate of drug-likeness (QED) is 0.883. The molecular formula is C15H17NO3. The van der Waals surface area contributed by atoms with E-state index in [-0.39, 0.29) is 5.69 Å².